The maximum absolute atomic E-state index is 8.35. The fourth-order valence-electron chi connectivity index (χ4n) is 0. The molecule has 0 spiro atoms. The van der Waals surface area contributed by atoms with E-state index < -0.39 is 0 Å². The quantitative estimate of drug-likeness (QED) is 0.360. The molecule has 0 N–H and O–H groups in total. The van der Waals surface area contributed by atoms with Crippen LogP contribution in [-0.4, -0.2) is 12.7 Å². The molecule has 0 aliphatic heterocycles. The molecule has 2 heteroatoms. The Hall–Kier alpha value is -0.880. The minimum atomic E-state index is 0.750. The van der Waals surface area contributed by atoms with Crippen molar-refractivity contribution in [2.75, 3.05) is 0 Å². The second kappa shape index (κ2) is 974. The van der Waals surface area contributed by atoms with Crippen molar-refractivity contribution in [1.29, 1.82) is 0 Å². The van der Waals surface area contributed by atoms with Crippen molar-refractivity contribution in [1.82, 2.24) is 0 Å². The van der Waals surface area contributed by atoms with Crippen LogP contribution >= 0.6 is 0 Å². The maximum Gasteiger partial charge on any atom is 0.135 e. The topological polar surface area (TPSA) is 34.1 Å². The molecule has 0 saturated heterocycles. The van der Waals surface area contributed by atoms with E-state index in [-0.39, 0.29) is 0 Å². The van der Waals surface area contributed by atoms with Gasteiger partial charge in [-0.25, -0.2) is 4.79 Å². The number of hydrogen-bond acceptors (Lipinski definition) is 2. The Labute approximate surface area is 30.1 Å². The summed E-state index contributed by atoms with van der Waals surface area (Å²) in [6.45, 7) is 7.40. The van der Waals surface area contributed by atoms with Gasteiger partial charge in [0.05, 0.1) is 6.58 Å². The van der Waals surface area contributed by atoms with Gasteiger partial charge in [-0.2, -0.15) is 0 Å². The summed E-state index contributed by atoms with van der Waals surface area (Å²) in [5, 5.41) is 0. The largest absolute Gasteiger partial charge is 0.307 e. The predicted octanol–water partition coefficient (Wildman–Crippen LogP) is -0.501. The van der Waals surface area contributed by atoms with Gasteiger partial charge in [-0.15, -0.1) is 0 Å². The third-order valence-corrected chi connectivity index (χ3v) is 0. The normalized spacial score (nSPS) is 2.40. The van der Waals surface area contributed by atoms with E-state index in [1.165, 1.54) is 0 Å². The van der Waals surface area contributed by atoms with Crippen molar-refractivity contribution in [3.8, 4) is 0 Å². The first-order chi connectivity index (χ1) is 2.41. The molecule has 0 fully saturated rings. The fraction of sp³-hybridized carbons (Fsp3) is 0. The molecule has 0 aromatic carbocycles. The number of hydrogen-bond donors (Lipinski definition) is 0. The molecule has 2 radical (unpaired) electrons. The molecule has 0 saturated carbocycles. The van der Waals surface area contributed by atoms with Gasteiger partial charge in [-0.05, 0) is 0 Å². The minimum Gasteiger partial charge on any atom is -0.307 e. The first-order valence-corrected chi connectivity index (χ1v) is 0.743. The molecule has 0 aromatic rings. The zero-order valence-electron chi connectivity index (χ0n) is 2.52. The van der Waals surface area contributed by atoms with E-state index in [9.17, 15) is 0 Å². The lowest BCUT2D eigenvalue weighted by Crippen LogP contribution is -1.16. The Morgan fingerprint density at radius 1 is 1.60 bits per heavy atom. The Morgan fingerprint density at radius 2 is 1.60 bits per heavy atom. The molecule has 26 valence electrons. The smallest absolute Gasteiger partial charge is 0.135 e. The van der Waals surface area contributed by atoms with Crippen LogP contribution in [0.15, 0.2) is 0 Å². The van der Waals surface area contributed by atoms with Gasteiger partial charge in [0, 0.05) is 0 Å². The Balaban J connectivity index is 0. The Morgan fingerprint density at radius 3 is 1.60 bits per heavy atom. The highest BCUT2D eigenvalue weighted by Gasteiger charge is 1.05. The van der Waals surface area contributed by atoms with E-state index in [0.717, 1.165) is 5.94 Å². The molecule has 5 heavy (non-hydrogen) atoms. The van der Waals surface area contributed by atoms with E-state index in [1.54, 1.807) is 0 Å². The molecule has 0 unspecified atom stereocenters. The standard InChI is InChI=1S/C2O.CH2O/c1-2-3;1-2/h;1H2. The van der Waals surface area contributed by atoms with Gasteiger partial charge < -0.3 is 4.79 Å². The third kappa shape index (κ3) is 5.05. The summed E-state index contributed by atoms with van der Waals surface area (Å²) in [4.78, 5) is 16.3. The first kappa shape index (κ1) is 8.92. The maximum atomic E-state index is 8.35. The highest BCUT2D eigenvalue weighted by atomic mass is 16.1. The lowest BCUT2D eigenvalue weighted by atomic mass is 11.2. The van der Waals surface area contributed by atoms with E-state index in [2.05, 4.69) is 0 Å². The molecule has 0 aromatic heterocycles. The molecule has 0 rings (SSSR count). The van der Waals surface area contributed by atoms with Crippen molar-refractivity contribution in [2.45, 2.75) is 0 Å². The monoisotopic (exact) mass is 70.0 g/mol. The molecule has 0 aliphatic rings. The molecule has 0 atom stereocenters. The molecular weight excluding hydrogens is 68.0 g/mol. The number of rotatable bonds is 0. The summed E-state index contributed by atoms with van der Waals surface area (Å²) in [5.74, 6) is 0.750. The first-order valence-electron chi connectivity index (χ1n) is 0.743. The molecular formula is C3H2O2. The van der Waals surface area contributed by atoms with Crippen LogP contribution < -0.4 is 0 Å². The molecule has 0 aliphatic carbocycles. The van der Waals surface area contributed by atoms with Crippen LogP contribution in [0.3, 0.4) is 0 Å². The van der Waals surface area contributed by atoms with Crippen LogP contribution in [0.5, 0.6) is 0 Å². The van der Waals surface area contributed by atoms with Crippen LogP contribution in [0.2, 0.25) is 0 Å². The molecule has 0 amide bonds. The molecule has 0 heterocycles. The van der Waals surface area contributed by atoms with E-state index >= 15 is 0 Å². The van der Waals surface area contributed by atoms with Gasteiger partial charge in [-0.3, -0.25) is 0 Å². The molecule has 2 nitrogen and oxygen atoms in total. The average molecular weight is 70.0 g/mol. The fourth-order valence-corrected chi connectivity index (χ4v) is 0. The Kier molecular flexibility index (Phi) is 1740. The van der Waals surface area contributed by atoms with Crippen LogP contribution in [0.25, 0.3) is 0 Å². The molecule has 0 bridgehead atoms. The lowest BCUT2D eigenvalue weighted by molar-refractivity contribution is -0.0979. The van der Waals surface area contributed by atoms with Crippen LogP contribution in [-0.2, 0) is 9.59 Å². The van der Waals surface area contributed by atoms with Gasteiger partial charge >= 0.3 is 0 Å². The highest BCUT2D eigenvalue weighted by molar-refractivity contribution is 5.35. The predicted molar refractivity (Wildman–Crippen MR) is 16.1 cm³/mol. The van der Waals surface area contributed by atoms with Crippen molar-refractivity contribution in [2.24, 2.45) is 0 Å². The SMILES string of the molecule is C=O.[C]=C=O. The zero-order valence-corrected chi connectivity index (χ0v) is 2.52. The highest BCUT2D eigenvalue weighted by Crippen LogP contribution is 0.867. The summed E-state index contributed by atoms with van der Waals surface area (Å²) in [6.07, 6.45) is 0. The van der Waals surface area contributed by atoms with E-state index in [0.29, 0.717) is 0 Å². The second-order valence-electron chi connectivity index (χ2n) is 0.102. The van der Waals surface area contributed by atoms with E-state index in [4.69, 9.17) is 16.2 Å². The van der Waals surface area contributed by atoms with Gasteiger partial charge in [-0.1, -0.05) is 0 Å². The zero-order chi connectivity index (χ0) is 4.71. The van der Waals surface area contributed by atoms with Crippen LogP contribution in [0.4, 0.5) is 0 Å². The van der Waals surface area contributed by atoms with Crippen LogP contribution in [0, 0.1) is 6.58 Å². The van der Waals surface area contributed by atoms with Gasteiger partial charge in [0.1, 0.15) is 12.7 Å². The number of carbonyl (C=O) groups is 1. The summed E-state index contributed by atoms with van der Waals surface area (Å²) >= 11 is 0. The van der Waals surface area contributed by atoms with Gasteiger partial charge in [0.25, 0.3) is 0 Å². The summed E-state index contributed by atoms with van der Waals surface area (Å²) < 4.78 is 0. The second-order valence-corrected chi connectivity index (χ2v) is 0.102. The summed E-state index contributed by atoms with van der Waals surface area (Å²) in [5.41, 5.74) is 0. The number of carbonyl (C=O) groups excluding carboxylic acids is 2. The Bertz CT molecular complexity index is 34.2. The van der Waals surface area contributed by atoms with Crippen LogP contribution in [0.1, 0.15) is 0 Å². The summed E-state index contributed by atoms with van der Waals surface area (Å²) in [7, 11) is 0. The van der Waals surface area contributed by atoms with Gasteiger partial charge in [0.2, 0.25) is 0 Å². The lowest BCUT2D eigenvalue weighted by Gasteiger charge is -0.987. The van der Waals surface area contributed by atoms with Crippen molar-refractivity contribution in [3.63, 3.8) is 0 Å². The van der Waals surface area contributed by atoms with Crippen molar-refractivity contribution < 1.29 is 9.59 Å². The van der Waals surface area contributed by atoms with Crippen molar-refractivity contribution in [3.05, 3.63) is 6.58 Å². The van der Waals surface area contributed by atoms with Crippen molar-refractivity contribution >= 4 is 12.7 Å². The van der Waals surface area contributed by atoms with Gasteiger partial charge in [0.15, 0.2) is 0 Å². The van der Waals surface area contributed by atoms with E-state index in [1.807, 2.05) is 6.79 Å². The average Bonchev–Trinajstić information content (AvgIpc) is 1.46. The third-order valence-electron chi connectivity index (χ3n) is 0. The minimum absolute atomic E-state index is 0.750. The summed E-state index contributed by atoms with van der Waals surface area (Å²) in [6, 6.07) is 0.